The number of likely N-dealkylation sites (tertiary alicyclic amines) is 1. The Hall–Kier alpha value is -1.57. The van der Waals surface area contributed by atoms with E-state index in [1.54, 1.807) is 24.3 Å². The van der Waals surface area contributed by atoms with Gasteiger partial charge in [-0.05, 0) is 24.1 Å². The monoisotopic (exact) mass is 365 g/mol. The Morgan fingerprint density at radius 2 is 1.81 bits per heavy atom. The molecular formula is C13H11BrF3NO3. The van der Waals surface area contributed by atoms with Crippen LogP contribution in [-0.4, -0.2) is 40.6 Å². The minimum Gasteiger partial charge on any atom is -0.480 e. The molecule has 0 aliphatic carbocycles. The van der Waals surface area contributed by atoms with Crippen molar-refractivity contribution in [2.24, 2.45) is 0 Å². The number of benzene rings is 1. The summed E-state index contributed by atoms with van der Waals surface area (Å²) < 4.78 is 38.4. The first-order valence-electron chi connectivity index (χ1n) is 6.08. The zero-order valence-electron chi connectivity index (χ0n) is 10.6. The van der Waals surface area contributed by atoms with Gasteiger partial charge < -0.3 is 10.0 Å². The predicted octanol–water partition coefficient (Wildman–Crippen LogP) is 2.78. The van der Waals surface area contributed by atoms with Gasteiger partial charge in [0.1, 0.15) is 6.04 Å². The standard InChI is InChI=1S/C13H11BrF3NO3/c14-8-3-1-7(2-4-8)9-5-6-18(10(9)11(19)20)12(21)13(15,16)17/h1-4,9-10H,5-6H2,(H,19,20)/t9-,10+/m1/s1. The summed E-state index contributed by atoms with van der Waals surface area (Å²) in [4.78, 5) is 23.1. The molecule has 4 nitrogen and oxygen atoms in total. The van der Waals surface area contributed by atoms with Crippen LogP contribution < -0.4 is 0 Å². The molecule has 114 valence electrons. The smallest absolute Gasteiger partial charge is 0.471 e. The van der Waals surface area contributed by atoms with Gasteiger partial charge in [0, 0.05) is 16.9 Å². The molecule has 0 saturated carbocycles. The molecule has 0 spiro atoms. The second-order valence-electron chi connectivity index (χ2n) is 4.73. The fraction of sp³-hybridized carbons (Fsp3) is 0.385. The molecule has 0 bridgehead atoms. The van der Waals surface area contributed by atoms with E-state index in [-0.39, 0.29) is 13.0 Å². The Kier molecular flexibility index (Phi) is 4.27. The SMILES string of the molecule is O=C(O)[C@@H]1[C@@H](c2ccc(Br)cc2)CCN1C(=O)C(F)(F)F. The largest absolute Gasteiger partial charge is 0.480 e. The van der Waals surface area contributed by atoms with E-state index in [1.807, 2.05) is 0 Å². The summed E-state index contributed by atoms with van der Waals surface area (Å²) in [6, 6.07) is 5.16. The Morgan fingerprint density at radius 1 is 1.24 bits per heavy atom. The molecule has 1 heterocycles. The Labute approximate surface area is 126 Å². The number of halogens is 4. The maximum atomic E-state index is 12.5. The van der Waals surface area contributed by atoms with Crippen molar-refractivity contribution >= 4 is 27.8 Å². The van der Waals surface area contributed by atoms with Gasteiger partial charge in [0.15, 0.2) is 0 Å². The Balaban J connectivity index is 2.31. The number of aliphatic carboxylic acids is 1. The first-order valence-corrected chi connectivity index (χ1v) is 6.87. The van der Waals surface area contributed by atoms with E-state index in [1.165, 1.54) is 0 Å². The summed E-state index contributed by atoms with van der Waals surface area (Å²) in [6.07, 6.45) is -4.89. The molecule has 1 aliphatic rings. The van der Waals surface area contributed by atoms with Gasteiger partial charge in [-0.25, -0.2) is 4.79 Å². The molecule has 0 radical (unpaired) electrons. The van der Waals surface area contributed by atoms with Crippen molar-refractivity contribution in [2.75, 3.05) is 6.54 Å². The van der Waals surface area contributed by atoms with Crippen LogP contribution in [0.15, 0.2) is 28.7 Å². The number of carbonyl (C=O) groups excluding carboxylic acids is 1. The Bertz CT molecular complexity index is 559. The molecule has 21 heavy (non-hydrogen) atoms. The topological polar surface area (TPSA) is 57.6 Å². The zero-order chi connectivity index (χ0) is 15.8. The number of hydrogen-bond donors (Lipinski definition) is 1. The summed E-state index contributed by atoms with van der Waals surface area (Å²) >= 11 is 3.23. The highest BCUT2D eigenvalue weighted by Gasteiger charge is 2.51. The minimum atomic E-state index is -5.07. The fourth-order valence-corrected chi connectivity index (χ4v) is 2.81. The maximum absolute atomic E-state index is 12.5. The van der Waals surface area contributed by atoms with Gasteiger partial charge in [0.05, 0.1) is 0 Å². The lowest BCUT2D eigenvalue weighted by Crippen LogP contribution is -2.48. The van der Waals surface area contributed by atoms with Crippen LogP contribution in [0.4, 0.5) is 13.2 Å². The van der Waals surface area contributed by atoms with Crippen molar-refractivity contribution in [3.8, 4) is 0 Å². The molecule has 8 heteroatoms. The highest BCUT2D eigenvalue weighted by Crippen LogP contribution is 2.36. The van der Waals surface area contributed by atoms with Crippen LogP contribution in [0.5, 0.6) is 0 Å². The quantitative estimate of drug-likeness (QED) is 0.876. The molecule has 2 rings (SSSR count). The summed E-state index contributed by atoms with van der Waals surface area (Å²) in [6.45, 7) is -0.226. The van der Waals surface area contributed by atoms with Crippen LogP contribution >= 0.6 is 15.9 Å². The van der Waals surface area contributed by atoms with Gasteiger partial charge in [-0.3, -0.25) is 4.79 Å². The molecule has 2 atom stereocenters. The number of amides is 1. The number of carbonyl (C=O) groups is 2. The molecule has 1 fully saturated rings. The normalized spacial score (nSPS) is 22.4. The van der Waals surface area contributed by atoms with Crippen LogP contribution in [-0.2, 0) is 9.59 Å². The first-order chi connectivity index (χ1) is 9.71. The lowest BCUT2D eigenvalue weighted by molar-refractivity contribution is -0.188. The van der Waals surface area contributed by atoms with Crippen molar-refractivity contribution in [3.05, 3.63) is 34.3 Å². The lowest BCUT2D eigenvalue weighted by Gasteiger charge is -2.25. The number of hydrogen-bond acceptors (Lipinski definition) is 2. The third kappa shape index (κ3) is 3.20. The van der Waals surface area contributed by atoms with Crippen molar-refractivity contribution in [3.63, 3.8) is 0 Å². The zero-order valence-corrected chi connectivity index (χ0v) is 12.2. The summed E-state index contributed by atoms with van der Waals surface area (Å²) in [5, 5.41) is 9.21. The van der Waals surface area contributed by atoms with E-state index in [4.69, 9.17) is 0 Å². The van der Waals surface area contributed by atoms with Gasteiger partial charge in [-0.1, -0.05) is 28.1 Å². The van der Waals surface area contributed by atoms with Gasteiger partial charge >= 0.3 is 18.1 Å². The van der Waals surface area contributed by atoms with E-state index < -0.39 is 30.0 Å². The number of carboxylic acids is 1. The average Bonchev–Trinajstić information content (AvgIpc) is 2.82. The molecule has 0 unspecified atom stereocenters. The van der Waals surface area contributed by atoms with E-state index in [2.05, 4.69) is 15.9 Å². The molecule has 1 amide bonds. The summed E-state index contributed by atoms with van der Waals surface area (Å²) in [5.41, 5.74) is 0.600. The van der Waals surface area contributed by atoms with Crippen molar-refractivity contribution < 1.29 is 27.9 Å². The van der Waals surface area contributed by atoms with Gasteiger partial charge in [0.2, 0.25) is 0 Å². The molecule has 1 aromatic rings. The summed E-state index contributed by atoms with van der Waals surface area (Å²) in [5.74, 6) is -4.19. The molecule has 1 aliphatic heterocycles. The maximum Gasteiger partial charge on any atom is 0.471 e. The van der Waals surface area contributed by atoms with Crippen molar-refractivity contribution in [1.82, 2.24) is 4.90 Å². The molecule has 0 aromatic heterocycles. The van der Waals surface area contributed by atoms with Crippen LogP contribution in [0.3, 0.4) is 0 Å². The van der Waals surface area contributed by atoms with Gasteiger partial charge in [-0.15, -0.1) is 0 Å². The third-order valence-corrected chi connectivity index (χ3v) is 3.98. The number of carboxylic acid groups (broad SMARTS) is 1. The summed E-state index contributed by atoms with van der Waals surface area (Å²) in [7, 11) is 0. The molecular weight excluding hydrogens is 355 g/mol. The average molecular weight is 366 g/mol. The Morgan fingerprint density at radius 3 is 2.29 bits per heavy atom. The van der Waals surface area contributed by atoms with Crippen molar-refractivity contribution in [2.45, 2.75) is 24.6 Å². The fourth-order valence-electron chi connectivity index (χ4n) is 2.55. The molecule has 1 saturated heterocycles. The number of rotatable bonds is 2. The van der Waals surface area contributed by atoms with Crippen LogP contribution in [0.1, 0.15) is 17.9 Å². The first kappa shape index (κ1) is 15.8. The number of alkyl halides is 3. The predicted molar refractivity (Wildman–Crippen MR) is 70.7 cm³/mol. The second-order valence-corrected chi connectivity index (χ2v) is 5.64. The van der Waals surface area contributed by atoms with E-state index >= 15 is 0 Å². The van der Waals surface area contributed by atoms with Crippen LogP contribution in [0.25, 0.3) is 0 Å². The van der Waals surface area contributed by atoms with Gasteiger partial charge in [-0.2, -0.15) is 13.2 Å². The van der Waals surface area contributed by atoms with E-state index in [0.29, 0.717) is 10.5 Å². The molecule has 1 N–H and O–H groups in total. The van der Waals surface area contributed by atoms with Gasteiger partial charge in [0.25, 0.3) is 0 Å². The number of nitrogens with zero attached hydrogens (tertiary/aromatic N) is 1. The van der Waals surface area contributed by atoms with E-state index in [9.17, 15) is 27.9 Å². The second kappa shape index (κ2) is 5.67. The van der Waals surface area contributed by atoms with Crippen LogP contribution in [0.2, 0.25) is 0 Å². The lowest BCUT2D eigenvalue weighted by atomic mass is 9.92. The van der Waals surface area contributed by atoms with Crippen molar-refractivity contribution in [1.29, 1.82) is 0 Å². The molecule has 1 aromatic carbocycles. The highest BCUT2D eigenvalue weighted by atomic mass is 79.9. The minimum absolute atomic E-state index is 0.181. The van der Waals surface area contributed by atoms with Crippen LogP contribution in [0, 0.1) is 0 Å². The van der Waals surface area contributed by atoms with E-state index in [0.717, 1.165) is 4.47 Å². The highest BCUT2D eigenvalue weighted by molar-refractivity contribution is 9.10. The third-order valence-electron chi connectivity index (χ3n) is 3.45.